The second kappa shape index (κ2) is 12.7. The number of hydrogen-bond acceptors (Lipinski definition) is 3. The van der Waals surface area contributed by atoms with Crippen LogP contribution in [0.3, 0.4) is 0 Å². The first-order chi connectivity index (χ1) is 15.3. The van der Waals surface area contributed by atoms with Crippen LogP contribution in [0.5, 0.6) is 5.75 Å². The molecule has 180 valence electrons. The van der Waals surface area contributed by atoms with Gasteiger partial charge in [-0.3, -0.25) is 4.79 Å². The number of carbonyl (C=O) groups excluding carboxylic acids is 1. The number of nitrogens with one attached hydrogen (secondary N) is 2. The molecular formula is C23H28F3IN4O2. The highest BCUT2D eigenvalue weighted by Crippen LogP contribution is 2.19. The molecule has 0 saturated heterocycles. The summed E-state index contributed by atoms with van der Waals surface area (Å²) in [5.41, 5.74) is 3.27. The Morgan fingerprint density at radius 2 is 1.79 bits per heavy atom. The Hall–Kier alpha value is -2.50. The molecule has 2 N–H and O–H groups in total. The molecule has 1 aliphatic rings. The van der Waals surface area contributed by atoms with Crippen LogP contribution < -0.4 is 15.4 Å². The van der Waals surface area contributed by atoms with Crippen LogP contribution in [0.25, 0.3) is 0 Å². The summed E-state index contributed by atoms with van der Waals surface area (Å²) in [5.74, 6) is 0.640. The maximum atomic E-state index is 12.6. The van der Waals surface area contributed by atoms with Crippen LogP contribution in [0.1, 0.15) is 23.6 Å². The number of aliphatic imine (C=N–C) groups is 1. The molecule has 33 heavy (non-hydrogen) atoms. The molecule has 10 heteroatoms. The van der Waals surface area contributed by atoms with Crippen LogP contribution in [0.4, 0.5) is 13.2 Å². The zero-order valence-corrected chi connectivity index (χ0v) is 20.7. The van der Waals surface area contributed by atoms with Crippen molar-refractivity contribution in [2.45, 2.75) is 32.6 Å². The van der Waals surface area contributed by atoms with Crippen molar-refractivity contribution in [2.75, 3.05) is 26.2 Å². The number of benzene rings is 2. The van der Waals surface area contributed by atoms with E-state index in [9.17, 15) is 18.0 Å². The molecule has 0 unspecified atom stereocenters. The number of alkyl halides is 3. The average molecular weight is 576 g/mol. The number of amides is 1. The Labute approximate surface area is 208 Å². The first-order valence-corrected chi connectivity index (χ1v) is 10.5. The summed E-state index contributed by atoms with van der Waals surface area (Å²) >= 11 is 0. The van der Waals surface area contributed by atoms with Gasteiger partial charge >= 0.3 is 6.18 Å². The maximum absolute atomic E-state index is 12.6. The number of carbonyl (C=O) groups is 1. The van der Waals surface area contributed by atoms with Crippen molar-refractivity contribution < 1.29 is 22.7 Å². The topological polar surface area (TPSA) is 66.0 Å². The Morgan fingerprint density at radius 3 is 2.45 bits per heavy atom. The van der Waals surface area contributed by atoms with Gasteiger partial charge in [-0.1, -0.05) is 36.4 Å². The van der Waals surface area contributed by atoms with Crippen molar-refractivity contribution in [1.82, 2.24) is 15.5 Å². The maximum Gasteiger partial charge on any atom is 0.422 e. The Balaban J connectivity index is 0.00000385. The molecule has 2 aromatic carbocycles. The highest BCUT2D eigenvalue weighted by atomic mass is 127. The first-order valence-electron chi connectivity index (χ1n) is 10.5. The molecule has 2 aromatic rings. The Morgan fingerprint density at radius 1 is 1.09 bits per heavy atom. The predicted octanol–water partition coefficient (Wildman–Crippen LogP) is 3.89. The molecule has 0 atom stereocenters. The van der Waals surface area contributed by atoms with Crippen LogP contribution in [-0.2, 0) is 24.3 Å². The van der Waals surface area contributed by atoms with Crippen molar-refractivity contribution in [3.05, 3.63) is 65.2 Å². The smallest absolute Gasteiger partial charge is 0.422 e. The van der Waals surface area contributed by atoms with Crippen LogP contribution >= 0.6 is 24.0 Å². The van der Waals surface area contributed by atoms with Crippen LogP contribution in [0, 0.1) is 0 Å². The fourth-order valence-corrected chi connectivity index (χ4v) is 3.35. The second-order valence-electron chi connectivity index (χ2n) is 7.43. The zero-order valence-electron chi connectivity index (χ0n) is 18.3. The number of guanidine groups is 1. The lowest BCUT2D eigenvalue weighted by atomic mass is 10.00. The van der Waals surface area contributed by atoms with E-state index in [0.29, 0.717) is 32.1 Å². The van der Waals surface area contributed by atoms with E-state index in [1.54, 1.807) is 12.1 Å². The van der Waals surface area contributed by atoms with E-state index in [4.69, 9.17) is 4.74 Å². The van der Waals surface area contributed by atoms with Gasteiger partial charge in [0, 0.05) is 19.6 Å². The quantitative estimate of drug-likeness (QED) is 0.299. The number of halogens is 4. The zero-order chi connectivity index (χ0) is 23.0. The molecule has 0 aromatic heterocycles. The van der Waals surface area contributed by atoms with Crippen LogP contribution in [-0.4, -0.2) is 49.2 Å². The van der Waals surface area contributed by atoms with E-state index in [1.165, 1.54) is 23.3 Å². The summed E-state index contributed by atoms with van der Waals surface area (Å²) < 4.78 is 41.4. The number of hydrogen-bond donors (Lipinski definition) is 2. The van der Waals surface area contributed by atoms with Crippen molar-refractivity contribution >= 4 is 35.8 Å². The fourth-order valence-electron chi connectivity index (χ4n) is 3.35. The lowest BCUT2D eigenvalue weighted by molar-refractivity contribution is -0.153. The summed E-state index contributed by atoms with van der Waals surface area (Å²) in [6.07, 6.45) is -3.52. The lowest BCUT2D eigenvalue weighted by Gasteiger charge is -2.29. The first kappa shape index (κ1) is 26.7. The van der Waals surface area contributed by atoms with Gasteiger partial charge < -0.3 is 20.3 Å². The molecule has 1 heterocycles. The van der Waals surface area contributed by atoms with Crippen molar-refractivity contribution in [3.63, 3.8) is 0 Å². The number of fused-ring (bicyclic) bond motifs is 1. The monoisotopic (exact) mass is 576 g/mol. The van der Waals surface area contributed by atoms with E-state index in [0.717, 1.165) is 12.0 Å². The molecule has 0 radical (unpaired) electrons. The van der Waals surface area contributed by atoms with E-state index < -0.39 is 12.8 Å². The van der Waals surface area contributed by atoms with Crippen LogP contribution in [0.15, 0.2) is 53.5 Å². The molecule has 0 bridgehead atoms. The van der Waals surface area contributed by atoms with Gasteiger partial charge in [-0.15, -0.1) is 24.0 Å². The number of rotatable bonds is 7. The molecule has 1 amide bonds. The Kier molecular flexibility index (Phi) is 10.3. The molecule has 6 nitrogen and oxygen atoms in total. The van der Waals surface area contributed by atoms with Gasteiger partial charge in [0.05, 0.1) is 13.1 Å². The SMILES string of the molecule is CCNC(=NCc1ccc(OCC(F)(F)F)cc1)NCC(=O)N1CCc2ccccc2C1.I. The van der Waals surface area contributed by atoms with Crippen molar-refractivity contribution in [3.8, 4) is 5.75 Å². The van der Waals surface area contributed by atoms with E-state index >= 15 is 0 Å². The third-order valence-electron chi connectivity index (χ3n) is 4.98. The van der Waals surface area contributed by atoms with E-state index in [2.05, 4.69) is 21.7 Å². The molecule has 1 aliphatic heterocycles. The highest BCUT2D eigenvalue weighted by molar-refractivity contribution is 14.0. The average Bonchev–Trinajstić information content (AvgIpc) is 2.79. The minimum atomic E-state index is -4.37. The van der Waals surface area contributed by atoms with Gasteiger partial charge in [0.15, 0.2) is 12.6 Å². The Bertz CT molecular complexity index is 936. The van der Waals surface area contributed by atoms with Crippen LogP contribution in [0.2, 0.25) is 0 Å². The largest absolute Gasteiger partial charge is 0.484 e. The van der Waals surface area contributed by atoms with Crippen molar-refractivity contribution in [2.24, 2.45) is 4.99 Å². The highest BCUT2D eigenvalue weighted by Gasteiger charge is 2.28. The normalized spacial score (nSPS) is 13.6. The lowest BCUT2D eigenvalue weighted by Crippen LogP contribution is -2.45. The summed E-state index contributed by atoms with van der Waals surface area (Å²) in [5, 5.41) is 6.15. The molecule has 0 spiro atoms. The van der Waals surface area contributed by atoms with Gasteiger partial charge in [0.25, 0.3) is 0 Å². The standard InChI is InChI=1S/C23H27F3N4O2.HI/c1-2-27-22(28-13-17-7-9-20(10-8-17)32-16-23(24,25)26)29-14-21(31)30-12-11-18-5-3-4-6-19(18)15-30;/h3-10H,2,11-16H2,1H3,(H2,27,28,29);1H. The fraction of sp³-hybridized carbons (Fsp3) is 0.391. The summed E-state index contributed by atoms with van der Waals surface area (Å²) in [7, 11) is 0. The summed E-state index contributed by atoms with van der Waals surface area (Å²) in [4.78, 5) is 18.9. The minimum absolute atomic E-state index is 0. The van der Waals surface area contributed by atoms with E-state index in [1.807, 2.05) is 30.0 Å². The van der Waals surface area contributed by atoms with Gasteiger partial charge in [0.1, 0.15) is 5.75 Å². The number of ether oxygens (including phenoxy) is 1. The van der Waals surface area contributed by atoms with Gasteiger partial charge in [-0.05, 0) is 42.2 Å². The molecule has 0 aliphatic carbocycles. The summed E-state index contributed by atoms with van der Waals surface area (Å²) in [6, 6.07) is 14.4. The van der Waals surface area contributed by atoms with Gasteiger partial charge in [-0.25, -0.2) is 4.99 Å². The third kappa shape index (κ3) is 8.75. The molecule has 0 fully saturated rings. The molecule has 3 rings (SSSR count). The summed E-state index contributed by atoms with van der Waals surface area (Å²) in [6.45, 7) is 2.95. The van der Waals surface area contributed by atoms with Gasteiger partial charge in [0.2, 0.25) is 5.91 Å². The van der Waals surface area contributed by atoms with Crippen molar-refractivity contribution in [1.29, 1.82) is 0 Å². The molecular weight excluding hydrogens is 548 g/mol. The third-order valence-corrected chi connectivity index (χ3v) is 4.98. The van der Waals surface area contributed by atoms with Gasteiger partial charge in [-0.2, -0.15) is 13.2 Å². The number of nitrogens with zero attached hydrogens (tertiary/aromatic N) is 2. The van der Waals surface area contributed by atoms with E-state index in [-0.39, 0.29) is 42.2 Å². The predicted molar refractivity (Wildman–Crippen MR) is 132 cm³/mol. The second-order valence-corrected chi connectivity index (χ2v) is 7.43. The molecule has 0 saturated carbocycles. The minimum Gasteiger partial charge on any atom is -0.484 e.